The Kier molecular flexibility index (Phi) is 4.12. The number of thiophene rings is 1. The predicted octanol–water partition coefficient (Wildman–Crippen LogP) is 7.11. The van der Waals surface area contributed by atoms with Crippen molar-refractivity contribution in [1.82, 2.24) is 9.97 Å². The first-order chi connectivity index (χ1) is 12.6. The highest BCUT2D eigenvalue weighted by Gasteiger charge is 2.24. The topological polar surface area (TPSA) is 25.8 Å². The number of benzene rings is 2. The van der Waals surface area contributed by atoms with E-state index in [0.29, 0.717) is 0 Å². The normalized spacial score (nSPS) is 12.8. The summed E-state index contributed by atoms with van der Waals surface area (Å²) in [7, 11) is 0. The minimum atomic E-state index is -0.0505. The molecule has 0 spiro atoms. The summed E-state index contributed by atoms with van der Waals surface area (Å²) in [5.74, 6) is 0.819. The van der Waals surface area contributed by atoms with Crippen LogP contribution in [0.15, 0.2) is 48.5 Å². The van der Waals surface area contributed by atoms with Gasteiger partial charge in [0.15, 0.2) is 5.82 Å². The lowest BCUT2D eigenvalue weighted by Crippen LogP contribution is -2.15. The van der Waals surface area contributed by atoms with E-state index in [1.165, 1.54) is 21.0 Å². The van der Waals surface area contributed by atoms with Gasteiger partial charge < -0.3 is 0 Å². The average Bonchev–Trinajstić information content (AvgIpc) is 2.98. The fourth-order valence-corrected chi connectivity index (χ4v) is 4.49. The molecule has 0 radical (unpaired) electrons. The van der Waals surface area contributed by atoms with Gasteiger partial charge in [-0.1, -0.05) is 84.0 Å². The van der Waals surface area contributed by atoms with Gasteiger partial charge >= 0.3 is 0 Å². The smallest absolute Gasteiger partial charge is 0.161 e. The van der Waals surface area contributed by atoms with Crippen LogP contribution in [0.4, 0.5) is 0 Å². The Bertz CT molecular complexity index is 1120. The van der Waals surface area contributed by atoms with Gasteiger partial charge in [0, 0.05) is 26.5 Å². The second-order valence-corrected chi connectivity index (χ2v) is 10.3. The number of hydrogen-bond acceptors (Lipinski definition) is 3. The standard InChI is InChI=1S/C24H26N2S/c1-23(2,3)16-13-11-15(12-14-16)21-25-20(24(4,5)6)19-17-9-7-8-10-18(17)27-22(19)26-21/h7-14H,1-6H3. The molecule has 4 rings (SSSR count). The molecule has 3 heteroatoms. The van der Waals surface area contributed by atoms with E-state index in [9.17, 15) is 0 Å². The lowest BCUT2D eigenvalue weighted by Gasteiger charge is -2.21. The van der Waals surface area contributed by atoms with E-state index in [0.717, 1.165) is 21.9 Å². The average molecular weight is 375 g/mol. The summed E-state index contributed by atoms with van der Waals surface area (Å²) >= 11 is 1.76. The molecule has 0 aliphatic rings. The van der Waals surface area contributed by atoms with E-state index in [2.05, 4.69) is 90.1 Å². The SMILES string of the molecule is CC(C)(C)c1ccc(-c2nc(C(C)(C)C)c3c(n2)sc2ccccc23)cc1. The highest BCUT2D eigenvalue weighted by Crippen LogP contribution is 2.39. The molecule has 0 amide bonds. The lowest BCUT2D eigenvalue weighted by molar-refractivity contribution is 0.575. The van der Waals surface area contributed by atoms with Crippen LogP contribution in [0.25, 0.3) is 31.7 Å². The zero-order valence-corrected chi connectivity index (χ0v) is 17.7. The number of nitrogens with zero attached hydrogens (tertiary/aromatic N) is 2. The van der Waals surface area contributed by atoms with Crippen molar-refractivity contribution in [2.75, 3.05) is 0 Å². The number of rotatable bonds is 1. The second-order valence-electron chi connectivity index (χ2n) is 9.25. The van der Waals surface area contributed by atoms with Gasteiger partial charge in [0.2, 0.25) is 0 Å². The Labute approximate surface area is 165 Å². The molecule has 4 aromatic rings. The Morgan fingerprint density at radius 1 is 0.741 bits per heavy atom. The third-order valence-electron chi connectivity index (χ3n) is 4.96. The highest BCUT2D eigenvalue weighted by molar-refractivity contribution is 7.25. The molecule has 2 aromatic carbocycles. The molecule has 0 unspecified atom stereocenters. The minimum absolute atomic E-state index is 0.0505. The van der Waals surface area contributed by atoms with Gasteiger partial charge in [0.25, 0.3) is 0 Å². The zero-order valence-electron chi connectivity index (χ0n) is 16.9. The summed E-state index contributed by atoms with van der Waals surface area (Å²) in [6.07, 6.45) is 0. The molecule has 2 aromatic heterocycles. The molecule has 0 N–H and O–H groups in total. The maximum atomic E-state index is 5.05. The second kappa shape index (κ2) is 6.13. The van der Waals surface area contributed by atoms with Gasteiger partial charge in [-0.25, -0.2) is 9.97 Å². The number of hydrogen-bond donors (Lipinski definition) is 0. The molecule has 138 valence electrons. The third kappa shape index (κ3) is 3.25. The van der Waals surface area contributed by atoms with Crippen molar-refractivity contribution in [1.29, 1.82) is 0 Å². The van der Waals surface area contributed by atoms with E-state index in [1.54, 1.807) is 11.3 Å². The van der Waals surface area contributed by atoms with E-state index >= 15 is 0 Å². The highest BCUT2D eigenvalue weighted by atomic mass is 32.1. The van der Waals surface area contributed by atoms with E-state index < -0.39 is 0 Å². The summed E-state index contributed by atoms with van der Waals surface area (Å²) in [5, 5.41) is 2.47. The Morgan fingerprint density at radius 2 is 1.41 bits per heavy atom. The van der Waals surface area contributed by atoms with Gasteiger partial charge in [-0.2, -0.15) is 0 Å². The van der Waals surface area contributed by atoms with E-state index in [1.807, 2.05) is 0 Å². The van der Waals surface area contributed by atoms with Gasteiger partial charge in [0.1, 0.15) is 4.83 Å². The molecule has 0 aliphatic carbocycles. The van der Waals surface area contributed by atoms with E-state index in [4.69, 9.17) is 9.97 Å². The fourth-order valence-electron chi connectivity index (χ4n) is 3.41. The van der Waals surface area contributed by atoms with Gasteiger partial charge in [0.05, 0.1) is 5.69 Å². The van der Waals surface area contributed by atoms with Crippen molar-refractivity contribution < 1.29 is 0 Å². The summed E-state index contributed by atoms with van der Waals surface area (Å²) in [6, 6.07) is 17.3. The lowest BCUT2D eigenvalue weighted by atomic mass is 9.86. The van der Waals surface area contributed by atoms with Crippen molar-refractivity contribution in [3.05, 3.63) is 59.8 Å². The van der Waals surface area contributed by atoms with Crippen LogP contribution in [0, 0.1) is 0 Å². The molecule has 0 bridgehead atoms. The summed E-state index contributed by atoms with van der Waals surface area (Å²) < 4.78 is 1.27. The molecule has 2 nitrogen and oxygen atoms in total. The van der Waals surface area contributed by atoms with Crippen LogP contribution in [0.3, 0.4) is 0 Å². The maximum absolute atomic E-state index is 5.05. The molecule has 2 heterocycles. The molecule has 27 heavy (non-hydrogen) atoms. The molecule has 0 saturated heterocycles. The minimum Gasteiger partial charge on any atom is -0.232 e. The monoisotopic (exact) mass is 374 g/mol. The zero-order chi connectivity index (χ0) is 19.4. The summed E-state index contributed by atoms with van der Waals surface area (Å²) in [4.78, 5) is 11.1. The molecule has 0 atom stereocenters. The van der Waals surface area contributed by atoms with Crippen molar-refractivity contribution in [3.63, 3.8) is 0 Å². The van der Waals surface area contributed by atoms with Crippen LogP contribution in [0.5, 0.6) is 0 Å². The Hall–Kier alpha value is -2.26. The van der Waals surface area contributed by atoms with Crippen molar-refractivity contribution in [3.8, 4) is 11.4 Å². The van der Waals surface area contributed by atoms with Crippen LogP contribution < -0.4 is 0 Å². The largest absolute Gasteiger partial charge is 0.232 e. The number of aromatic nitrogens is 2. The summed E-state index contributed by atoms with van der Waals surface area (Å²) in [6.45, 7) is 13.4. The molecular weight excluding hydrogens is 348 g/mol. The van der Waals surface area contributed by atoms with Gasteiger partial charge in [-0.05, 0) is 17.0 Å². The van der Waals surface area contributed by atoms with Crippen molar-refractivity contribution >= 4 is 31.6 Å². The van der Waals surface area contributed by atoms with E-state index in [-0.39, 0.29) is 10.8 Å². The molecule has 0 fully saturated rings. The van der Waals surface area contributed by atoms with Gasteiger partial charge in [-0.15, -0.1) is 11.3 Å². The first-order valence-corrected chi connectivity index (χ1v) is 10.3. The van der Waals surface area contributed by atoms with Crippen LogP contribution in [-0.4, -0.2) is 9.97 Å². The summed E-state index contributed by atoms with van der Waals surface area (Å²) in [5.41, 5.74) is 3.62. The fraction of sp³-hybridized carbons (Fsp3) is 0.333. The quantitative estimate of drug-likeness (QED) is 0.355. The molecule has 0 saturated carbocycles. The van der Waals surface area contributed by atoms with Crippen molar-refractivity contribution in [2.24, 2.45) is 0 Å². The number of fused-ring (bicyclic) bond motifs is 3. The van der Waals surface area contributed by atoms with Crippen molar-refractivity contribution in [2.45, 2.75) is 52.4 Å². The van der Waals surface area contributed by atoms with Crippen LogP contribution in [0.1, 0.15) is 52.8 Å². The van der Waals surface area contributed by atoms with Crippen LogP contribution >= 0.6 is 11.3 Å². The predicted molar refractivity (Wildman–Crippen MR) is 118 cm³/mol. The Balaban J connectivity index is 1.96. The molecule has 0 aliphatic heterocycles. The maximum Gasteiger partial charge on any atom is 0.161 e. The molecular formula is C24H26N2S. The first kappa shape index (κ1) is 18.1. The third-order valence-corrected chi connectivity index (χ3v) is 6.02. The van der Waals surface area contributed by atoms with Crippen LogP contribution in [-0.2, 0) is 10.8 Å². The van der Waals surface area contributed by atoms with Gasteiger partial charge in [-0.3, -0.25) is 0 Å². The first-order valence-electron chi connectivity index (χ1n) is 9.45. The van der Waals surface area contributed by atoms with Crippen LogP contribution in [0.2, 0.25) is 0 Å². The Morgan fingerprint density at radius 3 is 2.04 bits per heavy atom.